The largest absolute Gasteiger partial charge is 0.332 e. The highest BCUT2D eigenvalue weighted by atomic mass is 32.1. The van der Waals surface area contributed by atoms with Gasteiger partial charge in [0, 0.05) is 29.2 Å². The van der Waals surface area contributed by atoms with Gasteiger partial charge in [-0.2, -0.15) is 0 Å². The molecule has 2 aromatic carbocycles. The van der Waals surface area contributed by atoms with Crippen molar-refractivity contribution in [3.05, 3.63) is 59.2 Å². The molecule has 0 radical (unpaired) electrons. The number of aryl methyl sites for hydroxylation is 2. The van der Waals surface area contributed by atoms with Gasteiger partial charge in [0.25, 0.3) is 0 Å². The summed E-state index contributed by atoms with van der Waals surface area (Å²) in [6.45, 7) is 3.57. The van der Waals surface area contributed by atoms with Gasteiger partial charge in [-0.25, -0.2) is 9.97 Å². The smallest absolute Gasteiger partial charge is 0.187 e. The van der Waals surface area contributed by atoms with Gasteiger partial charge in [0.2, 0.25) is 0 Å². The zero-order valence-electron chi connectivity index (χ0n) is 14.8. The summed E-state index contributed by atoms with van der Waals surface area (Å²) in [5.41, 5.74) is 5.67. The summed E-state index contributed by atoms with van der Waals surface area (Å²) in [5, 5.41) is 6.13. The monoisotopic (exact) mass is 362 g/mol. The van der Waals surface area contributed by atoms with Gasteiger partial charge in [0.05, 0.1) is 16.7 Å². The van der Waals surface area contributed by atoms with Crippen molar-refractivity contribution in [1.82, 2.24) is 14.5 Å². The van der Waals surface area contributed by atoms with Crippen LogP contribution >= 0.6 is 11.3 Å². The maximum atomic E-state index is 11.4. The van der Waals surface area contributed by atoms with Crippen LogP contribution in [0.1, 0.15) is 23.1 Å². The van der Waals surface area contributed by atoms with E-state index in [1.54, 1.807) is 18.3 Å². The maximum Gasteiger partial charge on any atom is 0.187 e. The van der Waals surface area contributed by atoms with E-state index < -0.39 is 0 Å². The highest BCUT2D eigenvalue weighted by Crippen LogP contribution is 2.29. The van der Waals surface area contributed by atoms with Gasteiger partial charge in [-0.05, 0) is 50.2 Å². The highest BCUT2D eigenvalue weighted by molar-refractivity contribution is 7.14. The topological polar surface area (TPSA) is 59.8 Å². The number of thiazole rings is 1. The lowest BCUT2D eigenvalue weighted by Gasteiger charge is -2.03. The van der Waals surface area contributed by atoms with Crippen LogP contribution in [-0.2, 0) is 7.05 Å². The number of benzene rings is 2. The van der Waals surface area contributed by atoms with E-state index in [0.717, 1.165) is 38.9 Å². The molecule has 26 heavy (non-hydrogen) atoms. The molecule has 2 heterocycles. The molecule has 0 aliphatic heterocycles. The number of Topliss-reactive ketones (excluding diaryl/α,β-unsaturated/α-hetero) is 1. The van der Waals surface area contributed by atoms with Crippen LogP contribution in [0.25, 0.3) is 22.3 Å². The van der Waals surface area contributed by atoms with E-state index in [9.17, 15) is 4.79 Å². The van der Waals surface area contributed by atoms with E-state index in [2.05, 4.69) is 38.1 Å². The second-order valence-electron chi connectivity index (χ2n) is 6.22. The summed E-state index contributed by atoms with van der Waals surface area (Å²) in [7, 11) is 2.02. The van der Waals surface area contributed by atoms with Crippen molar-refractivity contribution >= 4 is 39.0 Å². The summed E-state index contributed by atoms with van der Waals surface area (Å²) in [5.74, 6) is 1.06. The number of imidazole rings is 1. The number of fused-ring (bicyclic) bond motifs is 1. The SMILES string of the molecule is CC(=O)c1ccc(Nc2nc(-c3ccc4c(c3)nc(C)n4C)cs2)cc1. The van der Waals surface area contributed by atoms with E-state index in [1.807, 2.05) is 43.6 Å². The van der Waals surface area contributed by atoms with Crippen molar-refractivity contribution in [2.45, 2.75) is 13.8 Å². The number of hydrogen-bond donors (Lipinski definition) is 1. The van der Waals surface area contributed by atoms with Crippen LogP contribution in [0.15, 0.2) is 47.8 Å². The molecule has 4 aromatic rings. The Balaban J connectivity index is 1.58. The van der Waals surface area contributed by atoms with E-state index >= 15 is 0 Å². The molecule has 5 nitrogen and oxygen atoms in total. The second-order valence-corrected chi connectivity index (χ2v) is 7.08. The van der Waals surface area contributed by atoms with Gasteiger partial charge in [-0.1, -0.05) is 6.07 Å². The summed E-state index contributed by atoms with van der Waals surface area (Å²) in [4.78, 5) is 20.6. The normalized spacial score (nSPS) is 11.0. The number of anilines is 2. The molecule has 0 unspecified atom stereocenters. The molecular formula is C20H18N4OS. The molecule has 1 N–H and O–H groups in total. The molecule has 0 saturated carbocycles. The molecule has 0 aliphatic carbocycles. The van der Waals surface area contributed by atoms with Gasteiger partial charge in [0.1, 0.15) is 5.82 Å². The van der Waals surface area contributed by atoms with Gasteiger partial charge in [0.15, 0.2) is 10.9 Å². The Morgan fingerprint density at radius 3 is 2.62 bits per heavy atom. The molecule has 0 bridgehead atoms. The van der Waals surface area contributed by atoms with Gasteiger partial charge < -0.3 is 9.88 Å². The number of carbonyl (C=O) groups excluding carboxylic acids is 1. The Bertz CT molecular complexity index is 1110. The molecular weight excluding hydrogens is 344 g/mol. The zero-order chi connectivity index (χ0) is 18.3. The molecule has 0 saturated heterocycles. The standard InChI is InChI=1S/C20H18N4OS/c1-12(25)14-4-7-16(8-5-14)22-20-23-18(11-26-20)15-6-9-19-17(10-15)21-13(2)24(19)3/h4-11H,1-3H3,(H,22,23). The molecule has 130 valence electrons. The van der Waals surface area contributed by atoms with Gasteiger partial charge in [-0.3, -0.25) is 4.79 Å². The van der Waals surface area contributed by atoms with Crippen LogP contribution in [0, 0.1) is 6.92 Å². The van der Waals surface area contributed by atoms with Crippen LogP contribution in [-0.4, -0.2) is 20.3 Å². The van der Waals surface area contributed by atoms with E-state index in [1.165, 1.54) is 0 Å². The number of ketones is 1. The van der Waals surface area contributed by atoms with Crippen molar-refractivity contribution in [3.8, 4) is 11.3 Å². The Hall–Kier alpha value is -2.99. The van der Waals surface area contributed by atoms with Crippen LogP contribution in [0.4, 0.5) is 10.8 Å². The van der Waals surface area contributed by atoms with Crippen molar-refractivity contribution in [2.75, 3.05) is 5.32 Å². The zero-order valence-corrected chi connectivity index (χ0v) is 15.6. The average molecular weight is 362 g/mol. The first-order valence-electron chi connectivity index (χ1n) is 8.28. The third-order valence-electron chi connectivity index (χ3n) is 4.45. The quantitative estimate of drug-likeness (QED) is 0.522. The van der Waals surface area contributed by atoms with E-state index in [4.69, 9.17) is 0 Å². The molecule has 0 amide bonds. The fourth-order valence-corrected chi connectivity index (χ4v) is 3.59. The molecule has 6 heteroatoms. The number of nitrogens with one attached hydrogen (secondary N) is 1. The number of nitrogens with zero attached hydrogens (tertiary/aromatic N) is 3. The van der Waals surface area contributed by atoms with Crippen molar-refractivity contribution in [1.29, 1.82) is 0 Å². The predicted molar refractivity (Wildman–Crippen MR) is 106 cm³/mol. The Labute approximate surface area is 155 Å². The van der Waals surface area contributed by atoms with Crippen LogP contribution in [0.2, 0.25) is 0 Å². The van der Waals surface area contributed by atoms with Crippen molar-refractivity contribution < 1.29 is 4.79 Å². The van der Waals surface area contributed by atoms with Crippen LogP contribution < -0.4 is 5.32 Å². The Morgan fingerprint density at radius 1 is 1.12 bits per heavy atom. The molecule has 4 rings (SSSR count). The third-order valence-corrected chi connectivity index (χ3v) is 5.20. The highest BCUT2D eigenvalue weighted by Gasteiger charge is 2.09. The minimum Gasteiger partial charge on any atom is -0.332 e. The van der Waals surface area contributed by atoms with Crippen LogP contribution in [0.3, 0.4) is 0 Å². The van der Waals surface area contributed by atoms with Gasteiger partial charge in [-0.15, -0.1) is 11.3 Å². The lowest BCUT2D eigenvalue weighted by Crippen LogP contribution is -1.93. The van der Waals surface area contributed by atoms with E-state index in [-0.39, 0.29) is 5.78 Å². The third kappa shape index (κ3) is 2.99. The lowest BCUT2D eigenvalue weighted by molar-refractivity contribution is 0.101. The molecule has 0 spiro atoms. The molecule has 0 atom stereocenters. The fourth-order valence-electron chi connectivity index (χ4n) is 2.86. The minimum absolute atomic E-state index is 0.0632. The maximum absolute atomic E-state index is 11.4. The average Bonchev–Trinajstić information content (AvgIpc) is 3.20. The first-order valence-corrected chi connectivity index (χ1v) is 9.16. The lowest BCUT2D eigenvalue weighted by atomic mass is 10.1. The summed E-state index contributed by atoms with van der Waals surface area (Å²) < 4.78 is 2.08. The molecule has 0 aliphatic rings. The number of rotatable bonds is 4. The predicted octanol–water partition coefficient (Wildman–Crippen LogP) is 4.95. The second kappa shape index (κ2) is 6.38. The van der Waals surface area contributed by atoms with Crippen molar-refractivity contribution in [2.24, 2.45) is 7.05 Å². The number of carbonyl (C=O) groups is 1. The summed E-state index contributed by atoms with van der Waals surface area (Å²) >= 11 is 1.55. The first-order chi connectivity index (χ1) is 12.5. The number of aromatic nitrogens is 3. The summed E-state index contributed by atoms with van der Waals surface area (Å²) in [6.07, 6.45) is 0. The molecule has 0 fully saturated rings. The van der Waals surface area contributed by atoms with Crippen LogP contribution in [0.5, 0.6) is 0 Å². The summed E-state index contributed by atoms with van der Waals surface area (Å²) in [6, 6.07) is 13.6. The van der Waals surface area contributed by atoms with Gasteiger partial charge >= 0.3 is 0 Å². The van der Waals surface area contributed by atoms with Crippen molar-refractivity contribution in [3.63, 3.8) is 0 Å². The minimum atomic E-state index is 0.0632. The first kappa shape index (κ1) is 16.5. The van der Waals surface area contributed by atoms with E-state index in [0.29, 0.717) is 5.56 Å². The number of hydrogen-bond acceptors (Lipinski definition) is 5. The molecule has 2 aromatic heterocycles. The Kier molecular flexibility index (Phi) is 4.05. The Morgan fingerprint density at radius 2 is 1.88 bits per heavy atom. The fraction of sp³-hybridized carbons (Fsp3) is 0.150.